The lowest BCUT2D eigenvalue weighted by Crippen LogP contribution is -2.49. The van der Waals surface area contributed by atoms with Crippen molar-refractivity contribution in [3.63, 3.8) is 0 Å². The molecule has 0 bridgehead atoms. The Hall–Kier alpha value is -2.23. The molecule has 1 saturated heterocycles. The van der Waals surface area contributed by atoms with Crippen LogP contribution in [0.15, 0.2) is 18.2 Å². The first-order valence-electron chi connectivity index (χ1n) is 8.05. The molecule has 1 aliphatic rings. The molecule has 2 amide bonds. The first kappa shape index (κ1) is 20.1. The van der Waals surface area contributed by atoms with Crippen molar-refractivity contribution in [3.05, 3.63) is 29.8 Å². The van der Waals surface area contributed by atoms with E-state index in [0.29, 0.717) is 25.8 Å². The number of nitrogens with zero attached hydrogens (tertiary/aromatic N) is 1. The number of carbonyl (C=O) groups excluding carboxylic acids is 2. The maximum absolute atomic E-state index is 13.1. The smallest absolute Gasteiger partial charge is 0.410 e. The third-order valence-corrected chi connectivity index (χ3v) is 4.83. The molecule has 2 rings (SSSR count). The Balaban J connectivity index is 1.98. The highest BCUT2D eigenvalue weighted by molar-refractivity contribution is 7.90. The molecule has 0 aliphatic carbocycles. The summed E-state index contributed by atoms with van der Waals surface area (Å²) < 4.78 is 53.5. The highest BCUT2D eigenvalue weighted by Crippen LogP contribution is 2.16. The van der Waals surface area contributed by atoms with E-state index in [9.17, 15) is 26.8 Å². The van der Waals surface area contributed by atoms with Crippen molar-refractivity contribution in [1.82, 2.24) is 10.2 Å². The summed E-state index contributed by atoms with van der Waals surface area (Å²) in [6, 6.07) is 1.77. The maximum Gasteiger partial charge on any atom is 0.413 e. The summed E-state index contributed by atoms with van der Waals surface area (Å²) in [5, 5.41) is 2.40. The molecule has 1 unspecified atom stereocenters. The first-order valence-corrected chi connectivity index (χ1v) is 10.1. The molecule has 26 heavy (non-hydrogen) atoms. The van der Waals surface area contributed by atoms with E-state index in [1.807, 2.05) is 0 Å². The van der Waals surface area contributed by atoms with Crippen LogP contribution in [0, 0.1) is 11.6 Å². The molecule has 1 fully saturated rings. The van der Waals surface area contributed by atoms with E-state index in [2.05, 4.69) is 5.32 Å². The van der Waals surface area contributed by atoms with Crippen LogP contribution in [-0.2, 0) is 14.6 Å². The third kappa shape index (κ3) is 5.94. The normalized spacial score (nSPS) is 18.3. The zero-order chi connectivity index (χ0) is 19.3. The Kier molecular flexibility index (Phi) is 6.52. The Bertz CT molecular complexity index is 785. The van der Waals surface area contributed by atoms with Crippen molar-refractivity contribution in [2.75, 3.05) is 25.1 Å². The van der Waals surface area contributed by atoms with E-state index in [-0.39, 0.29) is 18.0 Å². The zero-order valence-corrected chi connectivity index (χ0v) is 15.0. The van der Waals surface area contributed by atoms with Crippen molar-refractivity contribution in [2.45, 2.75) is 25.3 Å². The average molecular weight is 390 g/mol. The molecule has 10 heteroatoms. The first-order chi connectivity index (χ1) is 12.2. The van der Waals surface area contributed by atoms with Crippen LogP contribution in [0.1, 0.15) is 19.3 Å². The number of likely N-dealkylation sites (tertiary alicyclic amines) is 1. The molecule has 1 N–H and O–H groups in total. The Morgan fingerprint density at radius 3 is 2.69 bits per heavy atom. The van der Waals surface area contributed by atoms with Gasteiger partial charge in [-0.1, -0.05) is 0 Å². The molecule has 1 aliphatic heterocycles. The van der Waals surface area contributed by atoms with Crippen LogP contribution in [0.2, 0.25) is 0 Å². The molecular weight excluding hydrogens is 370 g/mol. The van der Waals surface area contributed by atoms with E-state index in [0.717, 1.165) is 24.5 Å². The number of nitrogens with one attached hydrogen (secondary N) is 1. The molecule has 144 valence electrons. The minimum Gasteiger partial charge on any atom is -0.410 e. The van der Waals surface area contributed by atoms with Crippen LogP contribution in [0.5, 0.6) is 5.75 Å². The summed E-state index contributed by atoms with van der Waals surface area (Å²) in [7, 11) is -3.22. The van der Waals surface area contributed by atoms with Gasteiger partial charge in [0.05, 0.1) is 5.75 Å². The fourth-order valence-corrected chi connectivity index (χ4v) is 3.11. The maximum atomic E-state index is 13.1. The van der Waals surface area contributed by atoms with Crippen molar-refractivity contribution >= 4 is 21.8 Å². The van der Waals surface area contributed by atoms with E-state index >= 15 is 0 Å². The van der Waals surface area contributed by atoms with E-state index in [4.69, 9.17) is 4.74 Å². The van der Waals surface area contributed by atoms with E-state index < -0.39 is 39.5 Å². The molecule has 0 radical (unpaired) electrons. The van der Waals surface area contributed by atoms with Gasteiger partial charge in [0.15, 0.2) is 11.6 Å². The molecule has 1 atom stereocenters. The minimum atomic E-state index is -3.22. The number of carbonyl (C=O) groups is 2. The van der Waals surface area contributed by atoms with Crippen LogP contribution in [0.25, 0.3) is 0 Å². The van der Waals surface area contributed by atoms with Gasteiger partial charge in [-0.3, -0.25) is 4.79 Å². The molecule has 0 aromatic heterocycles. The number of hydrogen-bond acceptors (Lipinski definition) is 5. The summed E-state index contributed by atoms with van der Waals surface area (Å²) in [5.41, 5.74) is 0. The van der Waals surface area contributed by atoms with Crippen LogP contribution in [-0.4, -0.2) is 56.5 Å². The number of ether oxygens (including phenoxy) is 1. The minimum absolute atomic E-state index is 0.0497. The van der Waals surface area contributed by atoms with Gasteiger partial charge in [-0.2, -0.15) is 0 Å². The lowest BCUT2D eigenvalue weighted by atomic mass is 10.1. The number of halogens is 2. The van der Waals surface area contributed by atoms with Gasteiger partial charge in [-0.15, -0.1) is 0 Å². The lowest BCUT2D eigenvalue weighted by Gasteiger charge is -2.24. The standard InChI is InChI=1S/C16H20F2N2O5S/c1-26(23,24)9-8-20-7-3-2-4-14(15(20)21)19-16(22)25-11-5-6-12(17)13(18)10-11/h5-6,10,14H,2-4,7-9H2,1H3,(H,19,22). The fraction of sp³-hybridized carbons (Fsp3) is 0.500. The molecule has 0 spiro atoms. The zero-order valence-electron chi connectivity index (χ0n) is 14.2. The van der Waals surface area contributed by atoms with Crippen molar-refractivity contribution in [1.29, 1.82) is 0 Å². The second kappa shape index (κ2) is 8.43. The summed E-state index contributed by atoms with van der Waals surface area (Å²) in [6.07, 6.45) is 1.84. The lowest BCUT2D eigenvalue weighted by molar-refractivity contribution is -0.132. The monoisotopic (exact) mass is 390 g/mol. The predicted molar refractivity (Wildman–Crippen MR) is 89.4 cm³/mol. The quantitative estimate of drug-likeness (QED) is 0.822. The summed E-state index contributed by atoms with van der Waals surface area (Å²) in [6.45, 7) is 0.457. The summed E-state index contributed by atoms with van der Waals surface area (Å²) in [5.74, 6) is -2.99. The van der Waals surface area contributed by atoms with Gasteiger partial charge < -0.3 is 15.0 Å². The second-order valence-corrected chi connectivity index (χ2v) is 8.37. The highest BCUT2D eigenvalue weighted by Gasteiger charge is 2.29. The van der Waals surface area contributed by atoms with Crippen molar-refractivity contribution < 1.29 is 31.5 Å². The summed E-state index contributed by atoms with van der Waals surface area (Å²) in [4.78, 5) is 25.8. The molecule has 1 heterocycles. The van der Waals surface area contributed by atoms with Gasteiger partial charge in [0.2, 0.25) is 5.91 Å². The number of rotatable bonds is 5. The van der Waals surface area contributed by atoms with Gasteiger partial charge in [-0.05, 0) is 31.4 Å². The van der Waals surface area contributed by atoms with Gasteiger partial charge in [0, 0.05) is 25.4 Å². The third-order valence-electron chi connectivity index (χ3n) is 3.91. The average Bonchev–Trinajstić information content (AvgIpc) is 2.71. The van der Waals surface area contributed by atoms with Crippen molar-refractivity contribution in [3.8, 4) is 5.75 Å². The molecule has 7 nitrogen and oxygen atoms in total. The Morgan fingerprint density at radius 2 is 2.04 bits per heavy atom. The van der Waals surface area contributed by atoms with Crippen LogP contribution in [0.3, 0.4) is 0 Å². The van der Waals surface area contributed by atoms with Gasteiger partial charge in [0.1, 0.15) is 21.6 Å². The van der Waals surface area contributed by atoms with E-state index in [1.54, 1.807) is 0 Å². The van der Waals surface area contributed by atoms with Crippen LogP contribution >= 0.6 is 0 Å². The SMILES string of the molecule is CS(=O)(=O)CCN1CCCCC(NC(=O)Oc2ccc(F)c(F)c2)C1=O. The van der Waals surface area contributed by atoms with Crippen molar-refractivity contribution in [2.24, 2.45) is 0 Å². The number of sulfone groups is 1. The molecule has 0 saturated carbocycles. The second-order valence-electron chi connectivity index (χ2n) is 6.11. The van der Waals surface area contributed by atoms with Crippen LogP contribution < -0.4 is 10.1 Å². The van der Waals surface area contributed by atoms with Gasteiger partial charge in [0.25, 0.3) is 0 Å². The fourth-order valence-electron chi connectivity index (χ4n) is 2.56. The Labute approximate surface area is 150 Å². The van der Waals surface area contributed by atoms with Crippen LogP contribution in [0.4, 0.5) is 13.6 Å². The molecule has 1 aromatic carbocycles. The largest absolute Gasteiger partial charge is 0.413 e. The highest BCUT2D eigenvalue weighted by atomic mass is 32.2. The molecular formula is C16H20F2N2O5S. The topological polar surface area (TPSA) is 92.8 Å². The number of benzene rings is 1. The van der Waals surface area contributed by atoms with Gasteiger partial charge >= 0.3 is 6.09 Å². The summed E-state index contributed by atoms with van der Waals surface area (Å²) >= 11 is 0. The van der Waals surface area contributed by atoms with Gasteiger partial charge in [-0.25, -0.2) is 22.0 Å². The van der Waals surface area contributed by atoms with E-state index in [1.165, 1.54) is 4.90 Å². The number of hydrogen-bond donors (Lipinski definition) is 1. The Morgan fingerprint density at radius 1 is 1.31 bits per heavy atom. The number of amides is 2. The molecule has 1 aromatic rings. The predicted octanol–water partition coefficient (Wildman–Crippen LogP) is 1.48.